The van der Waals surface area contributed by atoms with Gasteiger partial charge in [0.15, 0.2) is 0 Å². The highest BCUT2D eigenvalue weighted by molar-refractivity contribution is 5.49. The maximum absolute atomic E-state index is 3.67. The smallest absolute Gasteiger partial charge is 0.0388 e. The maximum Gasteiger partial charge on any atom is 0.0388 e. The number of likely N-dealkylation sites (tertiary alicyclic amines) is 1. The van der Waals surface area contributed by atoms with Gasteiger partial charge in [-0.2, -0.15) is 0 Å². The third-order valence-corrected chi connectivity index (χ3v) is 3.73. The summed E-state index contributed by atoms with van der Waals surface area (Å²) in [4.78, 5) is 2.41. The van der Waals surface area contributed by atoms with Gasteiger partial charge in [-0.25, -0.2) is 0 Å². The monoisotopic (exact) mass is 232 g/mol. The third kappa shape index (κ3) is 3.22. The highest BCUT2D eigenvalue weighted by Crippen LogP contribution is 2.19. The van der Waals surface area contributed by atoms with Crippen molar-refractivity contribution >= 4 is 5.69 Å². The first-order valence-corrected chi connectivity index (χ1v) is 6.73. The van der Waals surface area contributed by atoms with Crippen molar-refractivity contribution in [1.82, 2.24) is 4.90 Å². The van der Waals surface area contributed by atoms with Crippen LogP contribution in [-0.2, 0) is 6.42 Å². The fourth-order valence-corrected chi connectivity index (χ4v) is 2.66. The van der Waals surface area contributed by atoms with Gasteiger partial charge in [0, 0.05) is 18.3 Å². The fourth-order valence-electron chi connectivity index (χ4n) is 2.66. The lowest BCUT2D eigenvalue weighted by Gasteiger charge is -2.31. The molecule has 1 aromatic carbocycles. The Morgan fingerprint density at radius 3 is 2.94 bits per heavy atom. The number of likely N-dealkylation sites (N-methyl/N-ethyl adjacent to an activating group) is 1. The minimum Gasteiger partial charge on any atom is -0.381 e. The Hall–Kier alpha value is -1.02. The Morgan fingerprint density at radius 1 is 1.41 bits per heavy atom. The molecule has 1 saturated heterocycles. The summed E-state index contributed by atoms with van der Waals surface area (Å²) in [6, 6.07) is 7.36. The van der Waals surface area contributed by atoms with E-state index in [4.69, 9.17) is 0 Å². The van der Waals surface area contributed by atoms with Crippen LogP contribution in [0.15, 0.2) is 18.2 Å². The van der Waals surface area contributed by atoms with Crippen molar-refractivity contribution in [3.63, 3.8) is 0 Å². The molecular formula is C15H24N2. The largest absolute Gasteiger partial charge is 0.381 e. The molecule has 94 valence electrons. The molecule has 1 unspecified atom stereocenters. The summed E-state index contributed by atoms with van der Waals surface area (Å²) < 4.78 is 0. The number of rotatable bonds is 3. The summed E-state index contributed by atoms with van der Waals surface area (Å²) in [5, 5.41) is 3.67. The number of nitrogens with one attached hydrogen (secondary N) is 1. The van der Waals surface area contributed by atoms with E-state index in [1.807, 2.05) is 0 Å². The van der Waals surface area contributed by atoms with Crippen molar-refractivity contribution in [1.29, 1.82) is 0 Å². The molecule has 17 heavy (non-hydrogen) atoms. The zero-order chi connectivity index (χ0) is 12.3. The molecule has 2 rings (SSSR count). The standard InChI is InChI=1S/C15H24N2/c1-4-13-10-14(8-7-12(13)2)16-15-6-5-9-17(3)11-15/h7-8,10,15-16H,4-6,9,11H2,1-3H3. The van der Waals surface area contributed by atoms with Crippen molar-refractivity contribution in [3.05, 3.63) is 29.3 Å². The lowest BCUT2D eigenvalue weighted by Crippen LogP contribution is -2.39. The van der Waals surface area contributed by atoms with E-state index in [0.717, 1.165) is 13.0 Å². The van der Waals surface area contributed by atoms with Crippen LogP contribution in [0.1, 0.15) is 30.9 Å². The Balaban J connectivity index is 2.02. The SMILES string of the molecule is CCc1cc(NC2CCCN(C)C2)ccc1C. The molecular weight excluding hydrogens is 208 g/mol. The van der Waals surface area contributed by atoms with Gasteiger partial charge in [-0.05, 0) is 63.0 Å². The van der Waals surface area contributed by atoms with Gasteiger partial charge in [0.25, 0.3) is 0 Å². The second-order valence-electron chi connectivity index (χ2n) is 5.24. The number of piperidine rings is 1. The summed E-state index contributed by atoms with van der Waals surface area (Å²) in [7, 11) is 2.21. The molecule has 0 saturated carbocycles. The normalized spacial score (nSPS) is 21.5. The van der Waals surface area contributed by atoms with Gasteiger partial charge in [-0.1, -0.05) is 13.0 Å². The van der Waals surface area contributed by atoms with Crippen LogP contribution < -0.4 is 5.32 Å². The van der Waals surface area contributed by atoms with Crippen molar-refractivity contribution in [2.45, 2.75) is 39.2 Å². The Morgan fingerprint density at radius 2 is 2.24 bits per heavy atom. The molecule has 1 aromatic rings. The van der Waals surface area contributed by atoms with Crippen molar-refractivity contribution in [2.75, 3.05) is 25.5 Å². The summed E-state index contributed by atoms with van der Waals surface area (Å²) >= 11 is 0. The molecule has 1 heterocycles. The van der Waals surface area contributed by atoms with E-state index in [0.29, 0.717) is 6.04 Å². The van der Waals surface area contributed by atoms with Crippen LogP contribution in [0.25, 0.3) is 0 Å². The number of anilines is 1. The molecule has 1 N–H and O–H groups in total. The highest BCUT2D eigenvalue weighted by atomic mass is 15.1. The number of hydrogen-bond donors (Lipinski definition) is 1. The number of hydrogen-bond acceptors (Lipinski definition) is 2. The van der Waals surface area contributed by atoms with E-state index < -0.39 is 0 Å². The lowest BCUT2D eigenvalue weighted by atomic mass is 10.0. The first-order valence-electron chi connectivity index (χ1n) is 6.73. The van der Waals surface area contributed by atoms with E-state index in [1.54, 1.807) is 0 Å². The summed E-state index contributed by atoms with van der Waals surface area (Å²) in [6.45, 7) is 6.82. The summed E-state index contributed by atoms with van der Waals surface area (Å²) in [6.07, 6.45) is 3.71. The molecule has 2 heteroatoms. The molecule has 1 fully saturated rings. The van der Waals surface area contributed by atoms with Crippen LogP contribution in [0.2, 0.25) is 0 Å². The van der Waals surface area contributed by atoms with E-state index in [9.17, 15) is 0 Å². The van der Waals surface area contributed by atoms with Crippen LogP contribution in [0.4, 0.5) is 5.69 Å². The van der Waals surface area contributed by atoms with E-state index in [1.165, 1.54) is 36.2 Å². The predicted octanol–water partition coefficient (Wildman–Crippen LogP) is 3.06. The second kappa shape index (κ2) is 5.54. The number of nitrogens with zero attached hydrogens (tertiary/aromatic N) is 1. The van der Waals surface area contributed by atoms with Gasteiger partial charge in [-0.3, -0.25) is 0 Å². The molecule has 0 aliphatic carbocycles. The Bertz CT molecular complexity index is 373. The summed E-state index contributed by atoms with van der Waals surface area (Å²) in [5.41, 5.74) is 4.14. The quantitative estimate of drug-likeness (QED) is 0.861. The first-order chi connectivity index (χ1) is 8.19. The van der Waals surface area contributed by atoms with E-state index in [2.05, 4.69) is 49.3 Å². The van der Waals surface area contributed by atoms with Crippen LogP contribution in [-0.4, -0.2) is 31.1 Å². The zero-order valence-electron chi connectivity index (χ0n) is 11.3. The molecule has 0 radical (unpaired) electrons. The first kappa shape index (κ1) is 12.4. The minimum absolute atomic E-state index is 0.612. The minimum atomic E-state index is 0.612. The molecule has 0 spiro atoms. The van der Waals surface area contributed by atoms with Crippen LogP contribution in [0.5, 0.6) is 0 Å². The molecule has 0 amide bonds. The van der Waals surface area contributed by atoms with Crippen molar-refractivity contribution in [3.8, 4) is 0 Å². The zero-order valence-corrected chi connectivity index (χ0v) is 11.3. The van der Waals surface area contributed by atoms with Gasteiger partial charge >= 0.3 is 0 Å². The average Bonchev–Trinajstić information content (AvgIpc) is 2.32. The van der Waals surface area contributed by atoms with Gasteiger partial charge in [0.1, 0.15) is 0 Å². The van der Waals surface area contributed by atoms with E-state index in [-0.39, 0.29) is 0 Å². The van der Waals surface area contributed by atoms with Crippen molar-refractivity contribution < 1.29 is 0 Å². The molecule has 1 atom stereocenters. The molecule has 1 aliphatic heterocycles. The van der Waals surface area contributed by atoms with Gasteiger partial charge in [-0.15, -0.1) is 0 Å². The lowest BCUT2D eigenvalue weighted by molar-refractivity contribution is 0.261. The number of aryl methyl sites for hydroxylation is 2. The van der Waals surface area contributed by atoms with Crippen LogP contribution in [0, 0.1) is 6.92 Å². The predicted molar refractivity (Wildman–Crippen MR) is 74.7 cm³/mol. The fraction of sp³-hybridized carbons (Fsp3) is 0.600. The summed E-state index contributed by atoms with van der Waals surface area (Å²) in [5.74, 6) is 0. The average molecular weight is 232 g/mol. The van der Waals surface area contributed by atoms with Gasteiger partial charge in [0.05, 0.1) is 0 Å². The number of benzene rings is 1. The van der Waals surface area contributed by atoms with Gasteiger partial charge < -0.3 is 10.2 Å². The molecule has 2 nitrogen and oxygen atoms in total. The third-order valence-electron chi connectivity index (χ3n) is 3.73. The molecule has 0 aromatic heterocycles. The highest BCUT2D eigenvalue weighted by Gasteiger charge is 2.16. The molecule has 0 bridgehead atoms. The van der Waals surface area contributed by atoms with Gasteiger partial charge in [0.2, 0.25) is 0 Å². The second-order valence-corrected chi connectivity index (χ2v) is 5.24. The van der Waals surface area contributed by atoms with Crippen LogP contribution in [0.3, 0.4) is 0 Å². The Labute approximate surface area is 105 Å². The molecule has 1 aliphatic rings. The Kier molecular flexibility index (Phi) is 4.06. The van der Waals surface area contributed by atoms with Crippen LogP contribution >= 0.6 is 0 Å². The topological polar surface area (TPSA) is 15.3 Å². The maximum atomic E-state index is 3.67. The van der Waals surface area contributed by atoms with Crippen molar-refractivity contribution in [2.24, 2.45) is 0 Å². The van der Waals surface area contributed by atoms with E-state index >= 15 is 0 Å².